The van der Waals surface area contributed by atoms with E-state index in [-0.39, 0.29) is 12.1 Å². The Bertz CT molecular complexity index is 464. The summed E-state index contributed by atoms with van der Waals surface area (Å²) >= 11 is 0. The molecular weight excluding hydrogens is 256 g/mol. The van der Waals surface area contributed by atoms with E-state index < -0.39 is 5.60 Å². The Kier molecular flexibility index (Phi) is 4.32. The molecule has 1 aromatic rings. The summed E-state index contributed by atoms with van der Waals surface area (Å²) in [6.45, 7) is 7.47. The Labute approximate surface area is 119 Å². The van der Waals surface area contributed by atoms with Gasteiger partial charge in [-0.1, -0.05) is 0 Å². The monoisotopic (exact) mass is 280 g/mol. The molecule has 1 aromatic heterocycles. The molecule has 1 amide bonds. The highest BCUT2D eigenvalue weighted by molar-refractivity contribution is 5.68. The molecule has 112 valence electrons. The van der Waals surface area contributed by atoms with Gasteiger partial charge in [-0.25, -0.2) is 4.79 Å². The highest BCUT2D eigenvalue weighted by Crippen LogP contribution is 2.23. The second-order valence-electron chi connectivity index (χ2n) is 6.19. The first kappa shape index (κ1) is 14.8. The lowest BCUT2D eigenvalue weighted by atomic mass is 10.1. The van der Waals surface area contributed by atoms with Crippen LogP contribution >= 0.6 is 0 Å². The minimum Gasteiger partial charge on any atom is -0.444 e. The molecule has 1 aliphatic heterocycles. The average molecular weight is 280 g/mol. The summed E-state index contributed by atoms with van der Waals surface area (Å²) in [5.74, 6) is 0. The second kappa shape index (κ2) is 5.83. The van der Waals surface area contributed by atoms with Crippen molar-refractivity contribution < 1.29 is 9.53 Å². The highest BCUT2D eigenvalue weighted by atomic mass is 16.6. The number of carbonyl (C=O) groups excluding carboxylic acids is 1. The van der Waals surface area contributed by atoms with Gasteiger partial charge in [0.05, 0.1) is 11.7 Å². The Hall–Kier alpha value is -1.56. The number of aromatic nitrogens is 2. The Balaban J connectivity index is 2.03. The zero-order valence-electron chi connectivity index (χ0n) is 12.5. The van der Waals surface area contributed by atoms with Gasteiger partial charge in [-0.2, -0.15) is 5.10 Å². The Morgan fingerprint density at radius 2 is 2.30 bits per heavy atom. The van der Waals surface area contributed by atoms with Gasteiger partial charge in [-0.05, 0) is 39.7 Å². The van der Waals surface area contributed by atoms with E-state index in [9.17, 15) is 4.79 Å². The van der Waals surface area contributed by atoms with Crippen LogP contribution in [0.2, 0.25) is 0 Å². The van der Waals surface area contributed by atoms with Crippen molar-refractivity contribution in [3.05, 3.63) is 18.0 Å². The Morgan fingerprint density at radius 1 is 1.55 bits per heavy atom. The van der Waals surface area contributed by atoms with Gasteiger partial charge in [0.2, 0.25) is 0 Å². The van der Waals surface area contributed by atoms with Gasteiger partial charge in [0.15, 0.2) is 0 Å². The molecule has 1 aliphatic rings. The zero-order chi connectivity index (χ0) is 14.8. The fourth-order valence-corrected chi connectivity index (χ4v) is 2.48. The molecule has 6 heteroatoms. The molecule has 0 aromatic carbocycles. The summed E-state index contributed by atoms with van der Waals surface area (Å²) in [7, 11) is 0. The van der Waals surface area contributed by atoms with E-state index in [1.54, 1.807) is 11.1 Å². The third-order valence-corrected chi connectivity index (χ3v) is 3.36. The van der Waals surface area contributed by atoms with Crippen LogP contribution in [-0.4, -0.2) is 39.5 Å². The standard InChI is InChI=1S/C14H24N4O2/c1-14(2,3)20-13(19)17-8-4-5-12(10-17)18-11(9-15)6-7-16-18/h6-7,12H,4-5,8-10,15H2,1-3H3. The molecule has 20 heavy (non-hydrogen) atoms. The number of nitrogens with two attached hydrogens (primary N) is 1. The summed E-state index contributed by atoms with van der Waals surface area (Å²) in [6, 6.07) is 2.11. The third-order valence-electron chi connectivity index (χ3n) is 3.36. The maximum absolute atomic E-state index is 12.1. The van der Waals surface area contributed by atoms with Crippen LogP contribution in [0.15, 0.2) is 12.3 Å². The van der Waals surface area contributed by atoms with Crippen LogP contribution in [0.3, 0.4) is 0 Å². The number of nitrogens with zero attached hydrogens (tertiary/aromatic N) is 3. The summed E-state index contributed by atoms with van der Waals surface area (Å²) < 4.78 is 7.37. The van der Waals surface area contributed by atoms with Gasteiger partial charge in [0.1, 0.15) is 5.60 Å². The van der Waals surface area contributed by atoms with E-state index >= 15 is 0 Å². The number of ether oxygens (including phenoxy) is 1. The molecule has 0 saturated carbocycles. The van der Waals surface area contributed by atoms with Crippen LogP contribution in [0.5, 0.6) is 0 Å². The highest BCUT2D eigenvalue weighted by Gasteiger charge is 2.29. The molecule has 0 spiro atoms. The van der Waals surface area contributed by atoms with Crippen molar-refractivity contribution in [2.24, 2.45) is 5.73 Å². The van der Waals surface area contributed by atoms with Crippen molar-refractivity contribution >= 4 is 6.09 Å². The molecular formula is C14H24N4O2. The number of hydrogen-bond donors (Lipinski definition) is 1. The molecule has 0 radical (unpaired) electrons. The van der Waals surface area contributed by atoms with Crippen LogP contribution in [0, 0.1) is 0 Å². The van der Waals surface area contributed by atoms with Gasteiger partial charge >= 0.3 is 6.09 Å². The summed E-state index contributed by atoms with van der Waals surface area (Å²) in [5, 5.41) is 4.34. The van der Waals surface area contributed by atoms with Crippen molar-refractivity contribution in [2.45, 2.75) is 51.8 Å². The number of likely N-dealkylation sites (tertiary alicyclic amines) is 1. The SMILES string of the molecule is CC(C)(C)OC(=O)N1CCCC(n2nccc2CN)C1. The second-order valence-corrected chi connectivity index (χ2v) is 6.19. The average Bonchev–Trinajstić information content (AvgIpc) is 2.85. The number of piperidine rings is 1. The minimum absolute atomic E-state index is 0.185. The number of hydrogen-bond acceptors (Lipinski definition) is 4. The summed E-state index contributed by atoms with van der Waals surface area (Å²) in [6.07, 6.45) is 3.47. The molecule has 2 heterocycles. The minimum atomic E-state index is -0.460. The number of amides is 1. The molecule has 1 saturated heterocycles. The lowest BCUT2D eigenvalue weighted by Gasteiger charge is -2.34. The largest absolute Gasteiger partial charge is 0.444 e. The summed E-state index contributed by atoms with van der Waals surface area (Å²) in [5.41, 5.74) is 6.25. The van der Waals surface area contributed by atoms with Gasteiger partial charge < -0.3 is 15.4 Å². The quantitative estimate of drug-likeness (QED) is 0.898. The van der Waals surface area contributed by atoms with Crippen LogP contribution in [0.25, 0.3) is 0 Å². The maximum Gasteiger partial charge on any atom is 0.410 e. The van der Waals surface area contributed by atoms with Gasteiger partial charge in [-0.3, -0.25) is 4.68 Å². The number of rotatable bonds is 2. The topological polar surface area (TPSA) is 73.4 Å². The predicted molar refractivity (Wildman–Crippen MR) is 76.2 cm³/mol. The first-order chi connectivity index (χ1) is 9.40. The van der Waals surface area contributed by atoms with E-state index in [0.717, 1.165) is 25.1 Å². The first-order valence-electron chi connectivity index (χ1n) is 7.11. The molecule has 1 unspecified atom stereocenters. The lowest BCUT2D eigenvalue weighted by Crippen LogP contribution is -2.43. The van der Waals surface area contributed by atoms with Crippen molar-refractivity contribution in [3.63, 3.8) is 0 Å². The molecule has 1 atom stereocenters. The van der Waals surface area contributed by atoms with E-state index in [0.29, 0.717) is 13.1 Å². The van der Waals surface area contributed by atoms with Crippen LogP contribution < -0.4 is 5.73 Å². The van der Waals surface area contributed by atoms with E-state index in [4.69, 9.17) is 10.5 Å². The normalized spacial score (nSPS) is 20.0. The van der Waals surface area contributed by atoms with Crippen LogP contribution in [0.4, 0.5) is 4.79 Å². The zero-order valence-corrected chi connectivity index (χ0v) is 12.5. The Morgan fingerprint density at radius 3 is 2.95 bits per heavy atom. The van der Waals surface area contributed by atoms with Crippen molar-refractivity contribution in [3.8, 4) is 0 Å². The third kappa shape index (κ3) is 3.50. The van der Waals surface area contributed by atoms with Crippen molar-refractivity contribution in [2.75, 3.05) is 13.1 Å². The fourth-order valence-electron chi connectivity index (χ4n) is 2.48. The van der Waals surface area contributed by atoms with Gasteiger partial charge in [0, 0.05) is 25.8 Å². The molecule has 6 nitrogen and oxygen atoms in total. The number of carbonyl (C=O) groups is 1. The van der Waals surface area contributed by atoms with E-state index in [1.165, 1.54) is 0 Å². The molecule has 0 aliphatic carbocycles. The van der Waals surface area contributed by atoms with Crippen molar-refractivity contribution in [1.29, 1.82) is 0 Å². The molecule has 2 N–H and O–H groups in total. The molecule has 2 rings (SSSR count). The van der Waals surface area contributed by atoms with Gasteiger partial charge in [0.25, 0.3) is 0 Å². The van der Waals surface area contributed by atoms with E-state index in [2.05, 4.69) is 5.10 Å². The first-order valence-corrected chi connectivity index (χ1v) is 7.11. The summed E-state index contributed by atoms with van der Waals surface area (Å²) in [4.78, 5) is 13.9. The molecule has 0 bridgehead atoms. The lowest BCUT2D eigenvalue weighted by molar-refractivity contribution is 0.0166. The van der Waals surface area contributed by atoms with Gasteiger partial charge in [-0.15, -0.1) is 0 Å². The smallest absolute Gasteiger partial charge is 0.410 e. The predicted octanol–water partition coefficient (Wildman–Crippen LogP) is 1.91. The maximum atomic E-state index is 12.1. The van der Waals surface area contributed by atoms with Crippen molar-refractivity contribution in [1.82, 2.24) is 14.7 Å². The van der Waals surface area contributed by atoms with Crippen LogP contribution in [0.1, 0.15) is 45.3 Å². The van der Waals surface area contributed by atoms with Crippen LogP contribution in [-0.2, 0) is 11.3 Å². The fraction of sp³-hybridized carbons (Fsp3) is 0.714. The van der Waals surface area contributed by atoms with E-state index in [1.807, 2.05) is 31.5 Å². The molecule has 1 fully saturated rings.